The number of carbonyl (C=O) groups is 1. The number of phenols is 1. The molecule has 31 heavy (non-hydrogen) atoms. The summed E-state index contributed by atoms with van der Waals surface area (Å²) in [4.78, 5) is 13.4. The van der Waals surface area contributed by atoms with E-state index in [0.717, 1.165) is 43.2 Å². The number of aromatic hydroxyl groups is 1. The number of phenolic OH excluding ortho intramolecular Hbond substituents is 1. The van der Waals surface area contributed by atoms with Gasteiger partial charge in [-0.15, -0.1) is 0 Å². The third kappa shape index (κ3) is 3.44. The van der Waals surface area contributed by atoms with Gasteiger partial charge in [-0.1, -0.05) is 25.1 Å². The number of carbonyl (C=O) groups excluding carboxylic acids is 1. The van der Waals surface area contributed by atoms with Crippen LogP contribution in [-0.4, -0.2) is 17.5 Å². The van der Waals surface area contributed by atoms with Gasteiger partial charge in [0, 0.05) is 5.41 Å². The number of rotatable bonds is 3. The summed E-state index contributed by atoms with van der Waals surface area (Å²) in [5.74, 6) is 1.90. The van der Waals surface area contributed by atoms with Crippen molar-refractivity contribution < 1.29 is 23.4 Å². The number of fused-ring (bicyclic) bond motifs is 5. The molecule has 162 valence electrons. The van der Waals surface area contributed by atoms with Crippen LogP contribution in [-0.2, 0) is 11.2 Å². The number of Topliss-reactive ketones (excluding diaryl/α,β-unsaturated/α-hetero) is 1. The maximum atomic E-state index is 13.4. The summed E-state index contributed by atoms with van der Waals surface area (Å²) in [6.45, 7) is -0.718. The monoisotopic (exact) mass is 424 g/mol. The smallest absolute Gasteiger partial charge is 0.387 e. The van der Waals surface area contributed by atoms with Crippen LogP contribution >= 0.6 is 0 Å². The quantitative estimate of drug-likeness (QED) is 0.605. The molecule has 2 aromatic carbocycles. The molecule has 0 unspecified atom stereocenters. The van der Waals surface area contributed by atoms with Gasteiger partial charge in [-0.05, 0) is 102 Å². The minimum absolute atomic E-state index is 0.116. The summed E-state index contributed by atoms with van der Waals surface area (Å²) in [7, 11) is 0. The van der Waals surface area contributed by atoms with Crippen molar-refractivity contribution in [1.29, 1.82) is 0 Å². The molecule has 2 fully saturated rings. The van der Waals surface area contributed by atoms with Gasteiger partial charge in [0.2, 0.25) is 0 Å². The highest BCUT2D eigenvalue weighted by Crippen LogP contribution is 2.60. The molecule has 1 N–H and O–H groups in total. The Morgan fingerprint density at radius 1 is 1.16 bits per heavy atom. The number of aryl methyl sites for hydroxylation is 1. The number of allylic oxidation sites excluding steroid dienone is 1. The number of hydrogen-bond donors (Lipinski definition) is 1. The van der Waals surface area contributed by atoms with E-state index >= 15 is 0 Å². The number of hydrogen-bond acceptors (Lipinski definition) is 3. The van der Waals surface area contributed by atoms with Gasteiger partial charge < -0.3 is 9.84 Å². The van der Waals surface area contributed by atoms with E-state index in [4.69, 9.17) is 0 Å². The van der Waals surface area contributed by atoms with Gasteiger partial charge in [-0.2, -0.15) is 8.78 Å². The van der Waals surface area contributed by atoms with E-state index in [1.807, 2.05) is 12.1 Å². The van der Waals surface area contributed by atoms with Gasteiger partial charge in [-0.25, -0.2) is 0 Å². The fourth-order valence-electron chi connectivity index (χ4n) is 6.31. The molecule has 4 atom stereocenters. The third-order valence-corrected chi connectivity index (χ3v) is 7.80. The van der Waals surface area contributed by atoms with Crippen molar-refractivity contribution in [3.63, 3.8) is 0 Å². The number of benzene rings is 2. The van der Waals surface area contributed by atoms with Crippen LogP contribution in [0.3, 0.4) is 0 Å². The van der Waals surface area contributed by atoms with E-state index < -0.39 is 6.61 Å². The molecule has 0 heterocycles. The molecule has 5 heteroatoms. The first-order valence-electron chi connectivity index (χ1n) is 11.0. The molecular formula is C26H26F2O3. The SMILES string of the molecule is C[C@]12CC[C@H]3c4ccc(O)cc4CC[C@@H]3[C@@H]1C/C(=C\c1ccc(OC(F)F)cc1)C2=O. The lowest BCUT2D eigenvalue weighted by molar-refractivity contribution is -0.127. The van der Waals surface area contributed by atoms with Crippen LogP contribution in [0.5, 0.6) is 11.5 Å². The highest BCUT2D eigenvalue weighted by Gasteiger charge is 2.56. The van der Waals surface area contributed by atoms with Crippen molar-refractivity contribution in [2.75, 3.05) is 0 Å². The Labute approximate surface area is 180 Å². The van der Waals surface area contributed by atoms with Gasteiger partial charge in [0.1, 0.15) is 11.5 Å². The lowest BCUT2D eigenvalue weighted by Gasteiger charge is -2.48. The number of ether oxygens (including phenoxy) is 1. The molecule has 0 aromatic heterocycles. The highest BCUT2D eigenvalue weighted by atomic mass is 19.3. The first-order chi connectivity index (χ1) is 14.8. The Morgan fingerprint density at radius 2 is 1.94 bits per heavy atom. The Hall–Kier alpha value is -2.69. The predicted octanol–water partition coefficient (Wildman–Crippen LogP) is 6.11. The van der Waals surface area contributed by atoms with Crippen LogP contribution in [0.1, 0.15) is 55.2 Å². The topological polar surface area (TPSA) is 46.5 Å². The Balaban J connectivity index is 1.41. The molecule has 2 saturated carbocycles. The van der Waals surface area contributed by atoms with Gasteiger partial charge in [0.05, 0.1) is 0 Å². The third-order valence-electron chi connectivity index (χ3n) is 7.80. The minimum atomic E-state index is -2.85. The van der Waals surface area contributed by atoms with Crippen LogP contribution in [0.4, 0.5) is 8.78 Å². The van der Waals surface area contributed by atoms with Crippen molar-refractivity contribution in [1.82, 2.24) is 0 Å². The van der Waals surface area contributed by atoms with Crippen LogP contribution < -0.4 is 4.74 Å². The predicted molar refractivity (Wildman–Crippen MR) is 114 cm³/mol. The Bertz CT molecular complexity index is 1040. The second kappa shape index (κ2) is 7.47. The van der Waals surface area contributed by atoms with E-state index in [-0.39, 0.29) is 16.9 Å². The molecule has 0 saturated heterocycles. The first-order valence-corrected chi connectivity index (χ1v) is 11.0. The van der Waals surface area contributed by atoms with Gasteiger partial charge >= 0.3 is 6.61 Å². The van der Waals surface area contributed by atoms with E-state index in [2.05, 4.69) is 17.7 Å². The molecule has 2 aromatic rings. The molecular weight excluding hydrogens is 398 g/mol. The summed E-state index contributed by atoms with van der Waals surface area (Å²) >= 11 is 0. The molecule has 3 nitrogen and oxygen atoms in total. The maximum Gasteiger partial charge on any atom is 0.387 e. The average Bonchev–Trinajstić information content (AvgIpc) is 2.99. The molecule has 3 aliphatic carbocycles. The molecule has 3 aliphatic rings. The summed E-state index contributed by atoms with van der Waals surface area (Å²) in [6.07, 6.45) is 6.53. The molecule has 0 aliphatic heterocycles. The zero-order valence-corrected chi connectivity index (χ0v) is 17.5. The van der Waals surface area contributed by atoms with Crippen LogP contribution in [0.2, 0.25) is 0 Å². The summed E-state index contributed by atoms with van der Waals surface area (Å²) in [5.41, 5.74) is 3.92. The molecule has 0 amide bonds. The lowest BCUT2D eigenvalue weighted by atomic mass is 9.55. The van der Waals surface area contributed by atoms with E-state index in [0.29, 0.717) is 23.5 Å². The van der Waals surface area contributed by atoms with Crippen molar-refractivity contribution in [2.45, 2.75) is 51.6 Å². The van der Waals surface area contributed by atoms with Crippen LogP contribution in [0.15, 0.2) is 48.0 Å². The Morgan fingerprint density at radius 3 is 2.68 bits per heavy atom. The van der Waals surface area contributed by atoms with Crippen molar-refractivity contribution in [3.8, 4) is 11.5 Å². The molecule has 0 spiro atoms. The molecule has 5 rings (SSSR count). The standard InChI is InChI=1S/C26H26F2O3/c1-26-11-10-21-20-9-5-18(29)13-16(20)4-8-22(21)23(26)14-17(24(26)30)12-15-2-6-19(7-3-15)31-25(27)28/h2-3,5-7,9,12-13,21-23,25,29H,4,8,10-11,14H2,1H3/b17-12+/t21-,22-,23-,26-/m0/s1. The average molecular weight is 424 g/mol. The summed E-state index contributed by atoms with van der Waals surface area (Å²) < 4.78 is 29.2. The van der Waals surface area contributed by atoms with Gasteiger partial charge in [0.25, 0.3) is 0 Å². The number of alkyl halides is 2. The van der Waals surface area contributed by atoms with Crippen LogP contribution in [0, 0.1) is 17.3 Å². The van der Waals surface area contributed by atoms with Crippen molar-refractivity contribution in [3.05, 3.63) is 64.7 Å². The lowest BCUT2D eigenvalue weighted by Crippen LogP contribution is -2.42. The van der Waals surface area contributed by atoms with Gasteiger partial charge in [0.15, 0.2) is 5.78 Å². The first kappa shape index (κ1) is 20.2. The summed E-state index contributed by atoms with van der Waals surface area (Å²) in [6, 6.07) is 12.2. The van der Waals surface area contributed by atoms with Crippen molar-refractivity contribution in [2.24, 2.45) is 17.3 Å². The maximum absolute atomic E-state index is 13.4. The highest BCUT2D eigenvalue weighted by molar-refractivity contribution is 6.06. The second-order valence-corrected chi connectivity index (χ2v) is 9.41. The fourth-order valence-corrected chi connectivity index (χ4v) is 6.31. The van der Waals surface area contributed by atoms with E-state index in [9.17, 15) is 18.7 Å². The second-order valence-electron chi connectivity index (χ2n) is 9.41. The zero-order chi connectivity index (χ0) is 21.8. The molecule has 0 bridgehead atoms. The van der Waals surface area contributed by atoms with Crippen molar-refractivity contribution >= 4 is 11.9 Å². The largest absolute Gasteiger partial charge is 0.508 e. The zero-order valence-electron chi connectivity index (χ0n) is 17.5. The van der Waals surface area contributed by atoms with Crippen LogP contribution in [0.25, 0.3) is 6.08 Å². The fraction of sp³-hybridized carbons (Fsp3) is 0.423. The van der Waals surface area contributed by atoms with Gasteiger partial charge in [-0.3, -0.25) is 4.79 Å². The molecule has 0 radical (unpaired) electrons. The van der Waals surface area contributed by atoms with E-state index in [1.165, 1.54) is 23.3 Å². The summed E-state index contributed by atoms with van der Waals surface area (Å²) in [5, 5.41) is 9.85. The van der Waals surface area contributed by atoms with E-state index in [1.54, 1.807) is 18.2 Å². The normalized spacial score (nSPS) is 30.8. The number of ketones is 1. The Kier molecular flexibility index (Phi) is 4.87. The number of halogens is 2. The minimum Gasteiger partial charge on any atom is -0.508 e.